The number of amides is 1. The number of hydrogen-bond donors (Lipinski definition) is 2. The molecule has 21 heavy (non-hydrogen) atoms. The van der Waals surface area contributed by atoms with E-state index in [1.807, 2.05) is 31.2 Å². The minimum absolute atomic E-state index is 0.0279. The molecule has 114 valence electrons. The minimum Gasteiger partial charge on any atom is -0.494 e. The molecule has 1 aliphatic heterocycles. The molecule has 1 aromatic carbocycles. The van der Waals surface area contributed by atoms with Crippen LogP contribution in [0.2, 0.25) is 0 Å². The van der Waals surface area contributed by atoms with E-state index in [1.165, 1.54) is 0 Å². The Balaban J connectivity index is 2.00. The molecule has 0 aliphatic carbocycles. The molecular weight excluding hydrogens is 274 g/mol. The highest BCUT2D eigenvalue weighted by Gasteiger charge is 2.39. The van der Waals surface area contributed by atoms with Crippen molar-refractivity contribution in [3.8, 4) is 5.75 Å². The van der Waals surface area contributed by atoms with Crippen LogP contribution in [-0.2, 0) is 11.2 Å². The van der Waals surface area contributed by atoms with Gasteiger partial charge >= 0.3 is 12.1 Å². The summed E-state index contributed by atoms with van der Waals surface area (Å²) in [5, 5.41) is 18.1. The van der Waals surface area contributed by atoms with E-state index >= 15 is 0 Å². The lowest BCUT2D eigenvalue weighted by Gasteiger charge is -2.16. The third-order valence-electron chi connectivity index (χ3n) is 3.68. The summed E-state index contributed by atoms with van der Waals surface area (Å²) < 4.78 is 5.36. The normalized spacial score (nSPS) is 21.3. The van der Waals surface area contributed by atoms with Gasteiger partial charge in [0.05, 0.1) is 6.61 Å². The first kappa shape index (κ1) is 15.2. The van der Waals surface area contributed by atoms with Gasteiger partial charge in [0.2, 0.25) is 0 Å². The van der Waals surface area contributed by atoms with Gasteiger partial charge in [0.1, 0.15) is 11.8 Å². The topological polar surface area (TPSA) is 87.1 Å². The summed E-state index contributed by atoms with van der Waals surface area (Å²) in [7, 11) is 0. The molecule has 6 heteroatoms. The zero-order valence-electron chi connectivity index (χ0n) is 11.9. The molecule has 1 fully saturated rings. The van der Waals surface area contributed by atoms with Crippen molar-refractivity contribution in [1.29, 1.82) is 0 Å². The third kappa shape index (κ3) is 3.65. The predicted octanol–water partition coefficient (Wildman–Crippen LogP) is 2.08. The van der Waals surface area contributed by atoms with Crippen LogP contribution in [0.3, 0.4) is 0 Å². The fourth-order valence-corrected chi connectivity index (χ4v) is 2.74. The van der Waals surface area contributed by atoms with Crippen LogP contribution >= 0.6 is 0 Å². The molecular formula is C15H19NO5. The maximum atomic E-state index is 11.1. The average Bonchev–Trinajstić information content (AvgIpc) is 2.86. The monoisotopic (exact) mass is 293 g/mol. The van der Waals surface area contributed by atoms with Gasteiger partial charge < -0.3 is 14.9 Å². The molecule has 0 radical (unpaired) electrons. The van der Waals surface area contributed by atoms with Gasteiger partial charge in [0.25, 0.3) is 0 Å². The van der Waals surface area contributed by atoms with E-state index in [0.717, 1.165) is 16.2 Å². The van der Waals surface area contributed by atoms with E-state index in [1.54, 1.807) is 0 Å². The predicted molar refractivity (Wildman–Crippen MR) is 75.6 cm³/mol. The number of likely N-dealkylation sites (tertiary alicyclic amines) is 1. The molecule has 1 saturated heterocycles. The van der Waals surface area contributed by atoms with E-state index in [-0.39, 0.29) is 12.5 Å². The van der Waals surface area contributed by atoms with E-state index in [4.69, 9.17) is 14.9 Å². The lowest BCUT2D eigenvalue weighted by Crippen LogP contribution is -2.39. The Bertz CT molecular complexity index is 491. The van der Waals surface area contributed by atoms with Crippen LogP contribution in [0.15, 0.2) is 24.3 Å². The number of rotatable bonds is 5. The van der Waals surface area contributed by atoms with Crippen LogP contribution in [0, 0.1) is 5.92 Å². The molecule has 0 bridgehead atoms. The van der Waals surface area contributed by atoms with Crippen LogP contribution in [-0.4, -0.2) is 46.4 Å². The van der Waals surface area contributed by atoms with Gasteiger partial charge in [0.15, 0.2) is 0 Å². The maximum absolute atomic E-state index is 11.1. The molecule has 2 atom stereocenters. The second kappa shape index (κ2) is 6.47. The summed E-state index contributed by atoms with van der Waals surface area (Å²) in [5.41, 5.74) is 1.06. The van der Waals surface area contributed by atoms with Crippen LogP contribution in [0.1, 0.15) is 18.9 Å². The first-order valence-corrected chi connectivity index (χ1v) is 6.95. The second-order valence-corrected chi connectivity index (χ2v) is 5.17. The number of carboxylic acids is 1. The van der Waals surface area contributed by atoms with Crippen LogP contribution in [0.25, 0.3) is 0 Å². The molecule has 0 saturated carbocycles. The molecule has 0 spiro atoms. The van der Waals surface area contributed by atoms with E-state index in [2.05, 4.69) is 0 Å². The number of hydrogen-bond acceptors (Lipinski definition) is 3. The fourth-order valence-electron chi connectivity index (χ4n) is 2.74. The first-order valence-electron chi connectivity index (χ1n) is 6.95. The van der Waals surface area contributed by atoms with Crippen molar-refractivity contribution >= 4 is 12.1 Å². The number of carbonyl (C=O) groups is 2. The Hall–Kier alpha value is -2.24. The van der Waals surface area contributed by atoms with Crippen molar-refractivity contribution in [2.75, 3.05) is 13.2 Å². The standard InChI is InChI=1S/C15H19NO5/c1-2-21-12-5-3-10(4-6-12)7-11-8-13(14(17)18)16(9-11)15(19)20/h3-6,11,13H,2,7-9H2,1H3,(H,17,18)(H,19,20)/t11?,13-/m0/s1. The Labute approximate surface area is 122 Å². The van der Waals surface area contributed by atoms with E-state index in [0.29, 0.717) is 19.4 Å². The van der Waals surface area contributed by atoms with Gasteiger partial charge in [-0.2, -0.15) is 0 Å². The summed E-state index contributed by atoms with van der Waals surface area (Å²) in [4.78, 5) is 23.2. The lowest BCUT2D eigenvalue weighted by molar-refractivity contribution is -0.141. The van der Waals surface area contributed by atoms with Crippen molar-refractivity contribution in [2.24, 2.45) is 5.92 Å². The van der Waals surface area contributed by atoms with Crippen LogP contribution in [0.5, 0.6) is 5.75 Å². The quantitative estimate of drug-likeness (QED) is 0.868. The Kier molecular flexibility index (Phi) is 4.67. The molecule has 0 aromatic heterocycles. The summed E-state index contributed by atoms with van der Waals surface area (Å²) in [6.45, 7) is 2.79. The highest BCUT2D eigenvalue weighted by Crippen LogP contribution is 2.27. The number of benzene rings is 1. The van der Waals surface area contributed by atoms with Gasteiger partial charge in [-0.1, -0.05) is 12.1 Å². The van der Waals surface area contributed by atoms with Crippen molar-refractivity contribution in [2.45, 2.75) is 25.8 Å². The number of nitrogens with zero attached hydrogens (tertiary/aromatic N) is 1. The first-order chi connectivity index (χ1) is 10.0. The van der Waals surface area contributed by atoms with Crippen molar-refractivity contribution in [3.05, 3.63) is 29.8 Å². The van der Waals surface area contributed by atoms with Crippen molar-refractivity contribution < 1.29 is 24.5 Å². The zero-order valence-corrected chi connectivity index (χ0v) is 11.9. The Morgan fingerprint density at radius 3 is 2.43 bits per heavy atom. The van der Waals surface area contributed by atoms with Gasteiger partial charge in [-0.15, -0.1) is 0 Å². The van der Waals surface area contributed by atoms with Gasteiger partial charge in [0, 0.05) is 6.54 Å². The van der Waals surface area contributed by atoms with Crippen LogP contribution in [0.4, 0.5) is 4.79 Å². The molecule has 1 heterocycles. The molecule has 2 rings (SSSR count). The summed E-state index contributed by atoms with van der Waals surface area (Å²) in [6, 6.07) is 6.68. The highest BCUT2D eigenvalue weighted by molar-refractivity contribution is 5.80. The van der Waals surface area contributed by atoms with Gasteiger partial charge in [-0.25, -0.2) is 9.59 Å². The zero-order chi connectivity index (χ0) is 15.4. The summed E-state index contributed by atoms with van der Waals surface area (Å²) in [6.07, 6.45) is -0.147. The molecule has 1 aromatic rings. The largest absolute Gasteiger partial charge is 0.494 e. The molecule has 2 N–H and O–H groups in total. The highest BCUT2D eigenvalue weighted by atomic mass is 16.5. The van der Waals surface area contributed by atoms with E-state index < -0.39 is 18.1 Å². The SMILES string of the molecule is CCOc1ccc(CC2C[C@@H](C(=O)O)N(C(=O)O)C2)cc1. The van der Waals surface area contributed by atoms with E-state index in [9.17, 15) is 9.59 Å². The lowest BCUT2D eigenvalue weighted by atomic mass is 9.97. The molecule has 1 aliphatic rings. The molecule has 1 amide bonds. The average molecular weight is 293 g/mol. The summed E-state index contributed by atoms with van der Waals surface area (Å²) >= 11 is 0. The number of aliphatic carboxylic acids is 1. The van der Waals surface area contributed by atoms with Crippen LogP contribution < -0.4 is 4.74 Å². The summed E-state index contributed by atoms with van der Waals surface area (Å²) in [5.74, 6) is -0.255. The number of ether oxygens (including phenoxy) is 1. The van der Waals surface area contributed by atoms with Gasteiger partial charge in [-0.3, -0.25) is 4.90 Å². The minimum atomic E-state index is -1.17. The van der Waals surface area contributed by atoms with Gasteiger partial charge in [-0.05, 0) is 43.4 Å². The molecule has 1 unspecified atom stereocenters. The second-order valence-electron chi connectivity index (χ2n) is 5.17. The van der Waals surface area contributed by atoms with Crippen molar-refractivity contribution in [1.82, 2.24) is 4.90 Å². The number of carboxylic acid groups (broad SMARTS) is 2. The smallest absolute Gasteiger partial charge is 0.408 e. The fraction of sp³-hybridized carbons (Fsp3) is 0.467. The third-order valence-corrected chi connectivity index (χ3v) is 3.68. The Morgan fingerprint density at radius 2 is 1.95 bits per heavy atom. The molecule has 6 nitrogen and oxygen atoms in total. The Morgan fingerprint density at radius 1 is 1.29 bits per heavy atom. The van der Waals surface area contributed by atoms with Crippen molar-refractivity contribution in [3.63, 3.8) is 0 Å². The maximum Gasteiger partial charge on any atom is 0.408 e.